The van der Waals surface area contributed by atoms with E-state index in [-0.39, 0.29) is 29.6 Å². The number of hydrogen-bond donors (Lipinski definition) is 1. The van der Waals surface area contributed by atoms with E-state index >= 15 is 0 Å². The van der Waals surface area contributed by atoms with E-state index in [9.17, 15) is 24.8 Å². The maximum Gasteiger partial charge on any atom is 0.283 e. The van der Waals surface area contributed by atoms with Gasteiger partial charge >= 0.3 is 0 Å². The van der Waals surface area contributed by atoms with E-state index in [1.165, 1.54) is 23.1 Å². The second kappa shape index (κ2) is 8.39. The van der Waals surface area contributed by atoms with Gasteiger partial charge in [-0.3, -0.25) is 19.7 Å². The van der Waals surface area contributed by atoms with Crippen LogP contribution in [0.15, 0.2) is 18.2 Å². The highest BCUT2D eigenvalue weighted by Crippen LogP contribution is 2.27. The third-order valence-electron chi connectivity index (χ3n) is 4.20. The highest BCUT2D eigenvalue weighted by Gasteiger charge is 2.26. The molecule has 0 heterocycles. The largest absolute Gasteiger partial charge is 0.483 e. The first-order valence-electron chi connectivity index (χ1n) is 7.84. The predicted molar refractivity (Wildman–Crippen MR) is 84.8 cm³/mol. The van der Waals surface area contributed by atoms with E-state index in [0.29, 0.717) is 6.29 Å². The maximum absolute atomic E-state index is 12.3. The quantitative estimate of drug-likeness (QED) is 0.352. The monoisotopic (exact) mass is 336 g/mol. The molecule has 1 N–H and O–H groups in total. The Balaban J connectivity index is 2.06. The van der Waals surface area contributed by atoms with Crippen LogP contribution in [0.4, 0.5) is 5.69 Å². The fraction of sp³-hybridized carbons (Fsp3) is 0.500. The van der Waals surface area contributed by atoms with Crippen LogP contribution >= 0.6 is 0 Å². The molecular weight excluding hydrogens is 316 g/mol. The Labute approximate surface area is 139 Å². The summed E-state index contributed by atoms with van der Waals surface area (Å²) in [4.78, 5) is 35.0. The molecule has 0 bridgehead atoms. The molecule has 1 aromatic carbocycles. The zero-order chi connectivity index (χ0) is 17.5. The molecule has 0 radical (unpaired) electrons. The minimum Gasteiger partial charge on any atom is -0.483 e. The predicted octanol–water partition coefficient (Wildman–Crippen LogP) is 1.90. The van der Waals surface area contributed by atoms with Gasteiger partial charge in [0.25, 0.3) is 11.6 Å². The number of amides is 1. The summed E-state index contributed by atoms with van der Waals surface area (Å²) < 4.78 is 5.32. The summed E-state index contributed by atoms with van der Waals surface area (Å²) in [6, 6.07) is 3.96. The van der Waals surface area contributed by atoms with Gasteiger partial charge in [-0.2, -0.15) is 0 Å². The number of nitrogens with zero attached hydrogens (tertiary/aromatic N) is 2. The molecule has 0 aromatic heterocycles. The number of hydrogen-bond acceptors (Lipinski definition) is 6. The van der Waals surface area contributed by atoms with E-state index in [2.05, 4.69) is 0 Å². The van der Waals surface area contributed by atoms with E-state index < -0.39 is 17.6 Å². The molecular formula is C16H20N2O6. The van der Waals surface area contributed by atoms with Crippen molar-refractivity contribution < 1.29 is 24.4 Å². The van der Waals surface area contributed by atoms with Crippen molar-refractivity contribution in [1.82, 2.24) is 4.90 Å². The summed E-state index contributed by atoms with van der Waals surface area (Å²) >= 11 is 0. The maximum atomic E-state index is 12.3. The number of carbonyl (C=O) groups is 2. The lowest BCUT2D eigenvalue weighted by atomic mass is 9.94. The van der Waals surface area contributed by atoms with Crippen LogP contribution < -0.4 is 4.74 Å². The first-order valence-corrected chi connectivity index (χ1v) is 7.84. The molecule has 2 rings (SSSR count). The number of rotatable bonds is 7. The van der Waals surface area contributed by atoms with Gasteiger partial charge in [-0.1, -0.05) is 25.3 Å². The molecule has 1 aliphatic rings. The highest BCUT2D eigenvalue weighted by atomic mass is 16.6. The molecule has 0 aliphatic heterocycles. The number of benzene rings is 1. The van der Waals surface area contributed by atoms with Gasteiger partial charge < -0.3 is 14.7 Å². The van der Waals surface area contributed by atoms with E-state index in [0.717, 1.165) is 32.1 Å². The topological polar surface area (TPSA) is 110 Å². The summed E-state index contributed by atoms with van der Waals surface area (Å²) in [5.74, 6) is -0.429. The van der Waals surface area contributed by atoms with Crippen LogP contribution in [0.2, 0.25) is 0 Å². The van der Waals surface area contributed by atoms with Crippen molar-refractivity contribution in [3.63, 3.8) is 0 Å². The summed E-state index contributed by atoms with van der Waals surface area (Å²) in [5.41, 5.74) is -0.579. The first kappa shape index (κ1) is 17.9. The first-order chi connectivity index (χ1) is 11.6. The molecule has 0 spiro atoms. The molecule has 130 valence electrons. The molecule has 24 heavy (non-hydrogen) atoms. The molecule has 1 saturated carbocycles. The third-order valence-corrected chi connectivity index (χ3v) is 4.20. The lowest BCUT2D eigenvalue weighted by molar-refractivity contribution is -0.385. The van der Waals surface area contributed by atoms with Gasteiger partial charge in [-0.15, -0.1) is 0 Å². The Morgan fingerprint density at radius 2 is 2.08 bits per heavy atom. The average molecular weight is 336 g/mol. The van der Waals surface area contributed by atoms with Crippen molar-refractivity contribution in [3.8, 4) is 5.75 Å². The normalized spacial score (nSPS) is 14.9. The lowest BCUT2D eigenvalue weighted by Crippen LogP contribution is -2.44. The molecule has 0 saturated heterocycles. The number of nitro benzene ring substituents is 1. The Bertz CT molecular complexity index is 613. The molecule has 8 heteroatoms. The Morgan fingerprint density at radius 1 is 1.38 bits per heavy atom. The SMILES string of the molecule is O=Cc1c(OCC(=O)N(CO)C2CCCCC2)cccc1[N+](=O)[O-]. The van der Waals surface area contributed by atoms with Crippen molar-refractivity contribution in [2.75, 3.05) is 13.3 Å². The molecule has 1 amide bonds. The minimum atomic E-state index is -0.680. The van der Waals surface area contributed by atoms with Crippen LogP contribution in [-0.4, -0.2) is 46.5 Å². The minimum absolute atomic E-state index is 0.0181. The number of aliphatic hydroxyl groups is 1. The van der Waals surface area contributed by atoms with Gasteiger partial charge in [-0.05, 0) is 18.9 Å². The molecule has 0 unspecified atom stereocenters. The van der Waals surface area contributed by atoms with Crippen molar-refractivity contribution in [3.05, 3.63) is 33.9 Å². The number of aldehydes is 1. The summed E-state index contributed by atoms with van der Waals surface area (Å²) in [5, 5.41) is 20.4. The summed E-state index contributed by atoms with van der Waals surface area (Å²) in [7, 11) is 0. The second-order valence-electron chi connectivity index (χ2n) is 5.65. The zero-order valence-corrected chi connectivity index (χ0v) is 13.2. The highest BCUT2D eigenvalue weighted by molar-refractivity contribution is 5.86. The Morgan fingerprint density at radius 3 is 2.67 bits per heavy atom. The Kier molecular flexibility index (Phi) is 6.25. The molecule has 0 atom stereocenters. The smallest absolute Gasteiger partial charge is 0.283 e. The summed E-state index contributed by atoms with van der Waals surface area (Å²) in [6.45, 7) is -0.790. The van der Waals surface area contributed by atoms with Crippen LogP contribution in [-0.2, 0) is 4.79 Å². The average Bonchev–Trinajstić information content (AvgIpc) is 2.61. The lowest BCUT2D eigenvalue weighted by Gasteiger charge is -2.32. The number of carbonyl (C=O) groups excluding carboxylic acids is 2. The van der Waals surface area contributed by atoms with Crippen LogP contribution in [0.3, 0.4) is 0 Å². The second-order valence-corrected chi connectivity index (χ2v) is 5.65. The third kappa shape index (κ3) is 4.08. The molecule has 1 aliphatic carbocycles. The van der Waals surface area contributed by atoms with Crippen LogP contribution in [0.1, 0.15) is 42.5 Å². The molecule has 8 nitrogen and oxygen atoms in total. The van der Waals surface area contributed by atoms with E-state index in [1.807, 2.05) is 0 Å². The fourth-order valence-electron chi connectivity index (χ4n) is 2.95. The van der Waals surface area contributed by atoms with Gasteiger partial charge in [-0.25, -0.2) is 0 Å². The standard InChI is InChI=1S/C16H20N2O6/c19-9-13-14(18(22)23)7-4-8-15(13)24-10-16(21)17(11-20)12-5-2-1-3-6-12/h4,7-9,12,20H,1-3,5-6,10-11H2. The molecule has 1 fully saturated rings. The van der Waals surface area contributed by atoms with Crippen molar-refractivity contribution >= 4 is 17.9 Å². The number of ether oxygens (including phenoxy) is 1. The fourth-order valence-corrected chi connectivity index (χ4v) is 2.95. The van der Waals surface area contributed by atoms with Gasteiger partial charge in [0, 0.05) is 12.1 Å². The van der Waals surface area contributed by atoms with E-state index in [4.69, 9.17) is 4.74 Å². The van der Waals surface area contributed by atoms with Crippen LogP contribution in [0.25, 0.3) is 0 Å². The van der Waals surface area contributed by atoms with Crippen molar-refractivity contribution in [2.24, 2.45) is 0 Å². The van der Waals surface area contributed by atoms with Crippen LogP contribution in [0.5, 0.6) is 5.75 Å². The van der Waals surface area contributed by atoms with Gasteiger partial charge in [0.1, 0.15) is 18.0 Å². The number of aliphatic hydroxyl groups excluding tert-OH is 1. The zero-order valence-electron chi connectivity index (χ0n) is 13.2. The molecule has 1 aromatic rings. The van der Waals surface area contributed by atoms with Crippen LogP contribution in [0, 0.1) is 10.1 Å². The van der Waals surface area contributed by atoms with E-state index in [1.54, 1.807) is 0 Å². The van der Waals surface area contributed by atoms with Gasteiger partial charge in [0.2, 0.25) is 0 Å². The van der Waals surface area contributed by atoms with Gasteiger partial charge in [0.05, 0.1) is 4.92 Å². The summed E-state index contributed by atoms with van der Waals surface area (Å²) in [6.07, 6.45) is 5.15. The number of nitro groups is 1. The Hall–Kier alpha value is -2.48. The van der Waals surface area contributed by atoms with Gasteiger partial charge in [0.15, 0.2) is 12.9 Å². The van der Waals surface area contributed by atoms with Crippen molar-refractivity contribution in [1.29, 1.82) is 0 Å². The van der Waals surface area contributed by atoms with Crippen molar-refractivity contribution in [2.45, 2.75) is 38.1 Å².